The number of aryl methyl sites for hydroxylation is 2. The monoisotopic (exact) mass is 1300 g/mol. The van der Waals surface area contributed by atoms with Crippen LogP contribution in [0.4, 0.5) is 0 Å². The molecule has 4 bridgehead atoms. The third-order valence-corrected chi connectivity index (χ3v) is 21.6. The molecule has 24 nitrogen and oxygen atoms in total. The molecule has 0 radical (unpaired) electrons. The average molecular weight is 1300 g/mol. The van der Waals surface area contributed by atoms with Gasteiger partial charge in [0.2, 0.25) is 13.6 Å². The number of phenols is 2. The molecule has 10 aliphatic heterocycles. The first kappa shape index (κ1) is 62.2. The largest absolute Gasteiger partial charge is 0.507 e. The first-order valence-corrected chi connectivity index (χ1v) is 32.0. The Bertz CT molecular complexity index is 4430. The van der Waals surface area contributed by atoms with Crippen LogP contribution in [-0.4, -0.2) is 174 Å². The number of likely N-dealkylation sites (N-methyl/N-ethyl adjacent to an activating group) is 2. The molecule has 96 heavy (non-hydrogen) atoms. The third-order valence-electron chi connectivity index (χ3n) is 21.6. The van der Waals surface area contributed by atoms with E-state index in [1.807, 2.05) is 34.0 Å². The number of hydrogen-bond donors (Lipinski definition) is 2. The first-order valence-electron chi connectivity index (χ1n) is 32.0. The fraction of sp³-hybridized carbons (Fsp3) is 0.403. The second kappa shape index (κ2) is 23.2. The van der Waals surface area contributed by atoms with Crippen LogP contribution < -0.4 is 37.9 Å². The van der Waals surface area contributed by atoms with Gasteiger partial charge >= 0.3 is 5.97 Å². The van der Waals surface area contributed by atoms with Crippen molar-refractivity contribution in [1.82, 2.24) is 29.4 Å². The number of carbonyl (C=O) groups is 5. The summed E-state index contributed by atoms with van der Waals surface area (Å²) < 4.78 is 52.9. The molecular weight excluding hydrogens is 1230 g/mol. The van der Waals surface area contributed by atoms with Crippen LogP contribution in [0.2, 0.25) is 0 Å². The molecule has 0 saturated carbocycles. The number of imide groups is 2. The summed E-state index contributed by atoms with van der Waals surface area (Å²) in [6.07, 6.45) is 1.71. The predicted molar refractivity (Wildman–Crippen MR) is 340 cm³/mol. The second-order valence-corrected chi connectivity index (χ2v) is 26.2. The molecule has 2 fully saturated rings. The van der Waals surface area contributed by atoms with Crippen molar-refractivity contribution in [3.8, 4) is 69.6 Å². The van der Waals surface area contributed by atoms with Gasteiger partial charge in [0.05, 0.1) is 72.8 Å². The van der Waals surface area contributed by atoms with Gasteiger partial charge in [0.1, 0.15) is 23.6 Å². The summed E-state index contributed by atoms with van der Waals surface area (Å²) in [5, 5.41) is 45.4. The number of fused-ring (bicyclic) bond motifs is 20. The van der Waals surface area contributed by atoms with Crippen LogP contribution in [0.1, 0.15) is 139 Å². The smallest absolute Gasteiger partial charge is 0.308 e. The van der Waals surface area contributed by atoms with Gasteiger partial charge in [-0.3, -0.25) is 53.4 Å². The second-order valence-electron chi connectivity index (χ2n) is 26.2. The molecule has 0 aromatic heterocycles. The number of phenolic OH excluding ortho intramolecular Hbond substituents is 2. The van der Waals surface area contributed by atoms with E-state index >= 15 is 0 Å². The highest BCUT2D eigenvalue weighted by Crippen LogP contribution is 2.61. The summed E-state index contributed by atoms with van der Waals surface area (Å²) in [7, 11) is 8.67. The van der Waals surface area contributed by atoms with E-state index in [2.05, 4.69) is 37.8 Å². The zero-order valence-electron chi connectivity index (χ0n) is 54.6. The molecule has 494 valence electrons. The number of methoxy groups -OCH3 is 3. The van der Waals surface area contributed by atoms with Crippen molar-refractivity contribution < 1.29 is 76.8 Å². The normalized spacial score (nSPS) is 25.2. The summed E-state index contributed by atoms with van der Waals surface area (Å²) in [5.41, 5.74) is 10.4. The van der Waals surface area contributed by atoms with E-state index in [4.69, 9.17) is 42.6 Å². The number of nitrogens with zero attached hydrogens (tertiary/aromatic N) is 8. The number of hydrogen-bond acceptors (Lipinski definition) is 22. The molecule has 0 aliphatic carbocycles. The Hall–Kier alpha value is -9.95. The van der Waals surface area contributed by atoms with Crippen LogP contribution in [0.3, 0.4) is 0 Å². The number of nitriles is 2. The number of ether oxygens (including phenoxy) is 9. The van der Waals surface area contributed by atoms with E-state index in [0.29, 0.717) is 133 Å². The maximum Gasteiger partial charge on any atom is 0.308 e. The number of carbonyl (C=O) groups excluding carboxylic acids is 5. The molecule has 16 rings (SSSR count). The number of benzene rings is 6. The number of amides is 4. The Morgan fingerprint density at radius 2 is 0.990 bits per heavy atom. The number of aromatic hydroxyl groups is 2. The van der Waals surface area contributed by atoms with E-state index in [1.54, 1.807) is 76.6 Å². The van der Waals surface area contributed by atoms with Gasteiger partial charge in [-0.15, -0.1) is 0 Å². The number of rotatable bonds is 10. The van der Waals surface area contributed by atoms with E-state index in [-0.39, 0.29) is 69.1 Å². The van der Waals surface area contributed by atoms with Crippen LogP contribution in [0.5, 0.6) is 57.5 Å². The fourth-order valence-corrected chi connectivity index (χ4v) is 17.7. The van der Waals surface area contributed by atoms with Crippen LogP contribution in [0, 0.1) is 50.4 Å². The van der Waals surface area contributed by atoms with Crippen molar-refractivity contribution in [2.24, 2.45) is 0 Å². The van der Waals surface area contributed by atoms with Gasteiger partial charge in [0, 0.05) is 95.8 Å². The minimum atomic E-state index is -0.745. The minimum Gasteiger partial charge on any atom is -0.507 e. The Kier molecular flexibility index (Phi) is 15.0. The van der Waals surface area contributed by atoms with Crippen molar-refractivity contribution in [3.63, 3.8) is 0 Å². The molecule has 2 saturated heterocycles. The van der Waals surface area contributed by atoms with E-state index in [9.17, 15) is 44.7 Å². The first-order chi connectivity index (χ1) is 46.3. The Balaban J connectivity index is 0.000000158. The molecule has 6 aromatic rings. The maximum atomic E-state index is 13.8. The molecule has 24 heteroatoms. The molecule has 0 spiro atoms. The Morgan fingerprint density at radius 1 is 0.552 bits per heavy atom. The highest BCUT2D eigenvalue weighted by molar-refractivity contribution is 6.22. The van der Waals surface area contributed by atoms with Crippen molar-refractivity contribution >= 4 is 29.6 Å². The van der Waals surface area contributed by atoms with Crippen LogP contribution in [0.15, 0.2) is 60.7 Å². The lowest BCUT2D eigenvalue weighted by Crippen LogP contribution is -2.69. The highest BCUT2D eigenvalue weighted by Gasteiger charge is 2.60. The van der Waals surface area contributed by atoms with Gasteiger partial charge in [-0.1, -0.05) is 36.4 Å². The van der Waals surface area contributed by atoms with Crippen molar-refractivity contribution in [3.05, 3.63) is 150 Å². The number of esters is 1. The topological polar surface area (TPSA) is 276 Å². The van der Waals surface area contributed by atoms with Crippen LogP contribution in [0.25, 0.3) is 0 Å². The van der Waals surface area contributed by atoms with Crippen LogP contribution in [-0.2, 0) is 35.2 Å². The SMILES string of the molecule is COCOc1c(OC)c(C)cc2c1[C@@H]1C3Cc4c(O)c(C)c5c(c4[C@H](CN4C(=O)c6ccccc6C4=O)N3C(C#N)[C@H](C2)N1C)OCO5.COc1c(C)cc2c(c1O)[C@@H]1C3Cc4c(OC(C)=O)c(C)c5c(c4[C@H](CN4C(=O)c6ccccc6C4=O)N3C(C#N)[C@H](C2)N1C)OCO5. The predicted octanol–water partition coefficient (Wildman–Crippen LogP) is 7.54. The summed E-state index contributed by atoms with van der Waals surface area (Å²) in [6, 6.07) is 18.0. The maximum absolute atomic E-state index is 13.8. The molecule has 2 N–H and O–H groups in total. The Morgan fingerprint density at radius 3 is 1.46 bits per heavy atom. The van der Waals surface area contributed by atoms with Gasteiger partial charge in [0.15, 0.2) is 52.8 Å². The van der Waals surface area contributed by atoms with Gasteiger partial charge in [-0.25, -0.2) is 0 Å². The minimum absolute atomic E-state index is 0.00990. The summed E-state index contributed by atoms with van der Waals surface area (Å²) in [5.74, 6) is 1.62. The quantitative estimate of drug-likeness (QED) is 0.0580. The molecular formula is C72H70N8O16. The van der Waals surface area contributed by atoms with Crippen LogP contribution >= 0.6 is 0 Å². The lowest BCUT2D eigenvalue weighted by atomic mass is 9.71. The fourth-order valence-electron chi connectivity index (χ4n) is 17.7. The van der Waals surface area contributed by atoms with E-state index < -0.39 is 65.8 Å². The van der Waals surface area contributed by atoms with Gasteiger partial charge in [-0.2, -0.15) is 10.5 Å². The molecule has 10 aliphatic rings. The Labute approximate surface area is 553 Å². The summed E-state index contributed by atoms with van der Waals surface area (Å²) in [6.45, 7) is 8.55. The third kappa shape index (κ3) is 8.84. The average Bonchev–Trinajstić information content (AvgIpc) is 0.862. The zero-order chi connectivity index (χ0) is 67.3. The van der Waals surface area contributed by atoms with E-state index in [0.717, 1.165) is 27.8 Å². The standard InChI is InChI=1S/C36H36N4O8.C36H34N4O8/c1-17-10-19-11-23-25(13-37)40-24(29(38(23)3)27(19)33(31(17)45-5)46-15-44-4)12-22-28(34-32(47-16-48-34)18(2)30(22)41)26(40)14-39-35(42)20-8-6-7-9-21(20)36(39)43;1-16-10-19-11-23-25(13-37)40-24(29(38(23)4)27(19)30(42)31(16)45-5)12-22-28(34-33(46-15-47-34)17(2)32(22)48-18(3)41)26(40)14-39-35(43)20-8-6-7-9-21(20)36(39)44/h6-10,23-26,29,41H,11-12,14-16H2,1-5H3;6-10,23-26,29,42H,11-12,14-15H2,1-5H3/t2*23-,24?,25?,26-,29-/m00/s1. The molecule has 6 aromatic carbocycles. The molecule has 10 heterocycles. The zero-order valence-corrected chi connectivity index (χ0v) is 54.6. The summed E-state index contributed by atoms with van der Waals surface area (Å²) >= 11 is 0. The molecule has 4 amide bonds. The summed E-state index contributed by atoms with van der Waals surface area (Å²) in [4.78, 5) is 78.8. The number of piperazine rings is 2. The molecule has 4 unspecified atom stereocenters. The van der Waals surface area contributed by atoms with Gasteiger partial charge < -0.3 is 52.8 Å². The van der Waals surface area contributed by atoms with E-state index in [1.165, 1.54) is 23.8 Å². The van der Waals surface area contributed by atoms with Gasteiger partial charge in [0.25, 0.3) is 23.6 Å². The van der Waals surface area contributed by atoms with Crippen molar-refractivity contribution in [1.29, 1.82) is 10.5 Å². The lowest BCUT2D eigenvalue weighted by molar-refractivity contribution is -0.132. The van der Waals surface area contributed by atoms with Gasteiger partial charge in [-0.05, 0) is 114 Å². The lowest BCUT2D eigenvalue weighted by Gasteiger charge is -2.60. The highest BCUT2D eigenvalue weighted by atomic mass is 16.7. The van der Waals surface area contributed by atoms with Crippen molar-refractivity contribution in [2.45, 2.75) is 121 Å². The van der Waals surface area contributed by atoms with Crippen molar-refractivity contribution in [2.75, 3.05) is 68.9 Å². The molecule has 10 atom stereocenters.